The van der Waals surface area contributed by atoms with E-state index in [4.69, 9.17) is 0 Å². The number of rotatable bonds is 3. The minimum Gasteiger partial charge on any atom is -0.335 e. The van der Waals surface area contributed by atoms with Crippen molar-refractivity contribution in [3.8, 4) is 0 Å². The fourth-order valence-electron chi connectivity index (χ4n) is 4.37. The van der Waals surface area contributed by atoms with Crippen LogP contribution in [0.15, 0.2) is 30.3 Å². The molecule has 0 spiro atoms. The molecule has 2 aliphatic heterocycles. The van der Waals surface area contributed by atoms with Crippen molar-refractivity contribution in [2.24, 2.45) is 13.0 Å². The van der Waals surface area contributed by atoms with Crippen LogP contribution in [0.2, 0.25) is 0 Å². The predicted molar refractivity (Wildman–Crippen MR) is 102 cm³/mol. The number of benzene rings is 1. The Morgan fingerprint density at radius 3 is 2.82 bits per heavy atom. The van der Waals surface area contributed by atoms with Crippen molar-refractivity contribution >= 4 is 11.8 Å². The van der Waals surface area contributed by atoms with Gasteiger partial charge in [-0.1, -0.05) is 12.1 Å². The fraction of sp³-hybridized carbons (Fsp3) is 0.476. The van der Waals surface area contributed by atoms with Gasteiger partial charge in [-0.15, -0.1) is 0 Å². The minimum absolute atomic E-state index is 0.0352. The van der Waals surface area contributed by atoms with Crippen LogP contribution >= 0.6 is 0 Å². The third kappa shape index (κ3) is 3.53. The summed E-state index contributed by atoms with van der Waals surface area (Å²) < 4.78 is 15.3. The lowest BCUT2D eigenvalue weighted by Gasteiger charge is -2.30. The average Bonchev–Trinajstić information content (AvgIpc) is 3.19. The number of amides is 2. The Balaban J connectivity index is 1.55. The Bertz CT molecular complexity index is 890. The van der Waals surface area contributed by atoms with Crippen molar-refractivity contribution in [2.45, 2.75) is 38.8 Å². The van der Waals surface area contributed by atoms with Crippen molar-refractivity contribution in [1.29, 1.82) is 0 Å². The molecule has 148 valence electrons. The van der Waals surface area contributed by atoms with E-state index in [1.165, 1.54) is 12.1 Å². The maximum Gasteiger partial charge on any atom is 0.274 e. The van der Waals surface area contributed by atoms with Gasteiger partial charge in [0.2, 0.25) is 5.91 Å². The number of carbonyl (C=O) groups is 2. The first-order valence-electron chi connectivity index (χ1n) is 9.76. The molecule has 0 N–H and O–H groups in total. The number of halogens is 1. The molecule has 4 rings (SSSR count). The van der Waals surface area contributed by atoms with E-state index < -0.39 is 0 Å². The van der Waals surface area contributed by atoms with Gasteiger partial charge in [-0.25, -0.2) is 4.39 Å². The number of aromatic nitrogens is 2. The molecule has 1 aromatic heterocycles. The number of hydrogen-bond acceptors (Lipinski definition) is 3. The quantitative estimate of drug-likeness (QED) is 0.817. The van der Waals surface area contributed by atoms with Gasteiger partial charge in [0.15, 0.2) is 5.69 Å². The first-order chi connectivity index (χ1) is 13.4. The molecule has 0 radical (unpaired) electrons. The van der Waals surface area contributed by atoms with Crippen molar-refractivity contribution < 1.29 is 14.0 Å². The van der Waals surface area contributed by atoms with E-state index in [9.17, 15) is 14.0 Å². The lowest BCUT2D eigenvalue weighted by atomic mass is 9.98. The highest BCUT2D eigenvalue weighted by molar-refractivity contribution is 5.92. The van der Waals surface area contributed by atoms with Crippen LogP contribution in [0.3, 0.4) is 0 Å². The zero-order chi connectivity index (χ0) is 19.8. The zero-order valence-electron chi connectivity index (χ0n) is 16.3. The molecule has 6 nitrogen and oxygen atoms in total. The average molecular weight is 384 g/mol. The molecule has 3 heterocycles. The molecule has 2 aliphatic rings. The van der Waals surface area contributed by atoms with Gasteiger partial charge in [0.25, 0.3) is 5.91 Å². The molecule has 0 bridgehead atoms. The van der Waals surface area contributed by atoms with Crippen LogP contribution < -0.4 is 0 Å². The summed E-state index contributed by atoms with van der Waals surface area (Å²) in [5.74, 6) is -0.0616. The maximum absolute atomic E-state index is 13.6. The molecule has 7 heteroatoms. The molecule has 2 amide bonds. The third-order valence-electron chi connectivity index (χ3n) is 5.95. The number of fused-ring (bicyclic) bond motifs is 1. The Morgan fingerprint density at radius 1 is 1.29 bits per heavy atom. The van der Waals surface area contributed by atoms with Crippen LogP contribution in [0.5, 0.6) is 0 Å². The molecular weight excluding hydrogens is 359 g/mol. The summed E-state index contributed by atoms with van der Waals surface area (Å²) in [5, 5.41) is 4.31. The molecule has 0 unspecified atom stereocenters. The van der Waals surface area contributed by atoms with Crippen LogP contribution in [0, 0.1) is 18.7 Å². The normalized spacial score (nSPS) is 22.3. The Morgan fingerprint density at radius 2 is 2.11 bits per heavy atom. The summed E-state index contributed by atoms with van der Waals surface area (Å²) in [7, 11) is 1.82. The first-order valence-corrected chi connectivity index (χ1v) is 9.76. The standard InChI is InChI=1S/C21H25FN4O2/c1-14-9-18(23-24(14)2)21(28)25-12-16-6-4-8-20(27)26(19(16)13-25)11-15-5-3-7-17(22)10-15/h3,5,7,9-10,16,19H,4,6,8,11-13H2,1-2H3/t16-,19+/m1/s1. The van der Waals surface area contributed by atoms with E-state index in [1.54, 1.807) is 16.8 Å². The molecule has 2 saturated heterocycles. The lowest BCUT2D eigenvalue weighted by molar-refractivity contribution is -0.133. The monoisotopic (exact) mass is 384 g/mol. The number of aryl methyl sites for hydroxylation is 2. The van der Waals surface area contributed by atoms with Gasteiger partial charge in [0, 0.05) is 38.8 Å². The summed E-state index contributed by atoms with van der Waals surface area (Å²) in [6.45, 7) is 3.42. The van der Waals surface area contributed by atoms with Crippen LogP contribution in [-0.2, 0) is 18.4 Å². The summed E-state index contributed by atoms with van der Waals surface area (Å²) in [6.07, 6.45) is 2.25. The van der Waals surface area contributed by atoms with E-state index in [-0.39, 0.29) is 29.6 Å². The number of carbonyl (C=O) groups excluding carboxylic acids is 2. The van der Waals surface area contributed by atoms with Crippen LogP contribution in [0.1, 0.15) is 41.0 Å². The molecule has 0 saturated carbocycles. The summed E-state index contributed by atoms with van der Waals surface area (Å²) in [5.41, 5.74) is 2.15. The lowest BCUT2D eigenvalue weighted by Crippen LogP contribution is -2.43. The van der Waals surface area contributed by atoms with Gasteiger partial charge < -0.3 is 9.80 Å². The summed E-state index contributed by atoms with van der Waals surface area (Å²) in [4.78, 5) is 29.3. The number of hydrogen-bond donors (Lipinski definition) is 0. The highest BCUT2D eigenvalue weighted by atomic mass is 19.1. The van der Waals surface area contributed by atoms with Gasteiger partial charge >= 0.3 is 0 Å². The van der Waals surface area contributed by atoms with E-state index >= 15 is 0 Å². The Kier molecular flexibility index (Phi) is 4.91. The van der Waals surface area contributed by atoms with Crippen molar-refractivity contribution in [1.82, 2.24) is 19.6 Å². The minimum atomic E-state index is -0.301. The van der Waals surface area contributed by atoms with Crippen LogP contribution in [0.25, 0.3) is 0 Å². The van der Waals surface area contributed by atoms with Gasteiger partial charge in [-0.2, -0.15) is 5.10 Å². The largest absolute Gasteiger partial charge is 0.335 e. The molecular formula is C21H25FN4O2. The van der Waals surface area contributed by atoms with E-state index in [0.717, 1.165) is 24.1 Å². The van der Waals surface area contributed by atoms with E-state index in [2.05, 4.69) is 5.10 Å². The molecule has 28 heavy (non-hydrogen) atoms. The van der Waals surface area contributed by atoms with Gasteiger partial charge in [0.05, 0.1) is 6.04 Å². The molecule has 2 atom stereocenters. The zero-order valence-corrected chi connectivity index (χ0v) is 16.3. The van der Waals surface area contributed by atoms with Crippen molar-refractivity contribution in [3.05, 3.63) is 53.1 Å². The van der Waals surface area contributed by atoms with Crippen LogP contribution in [0.4, 0.5) is 4.39 Å². The molecule has 2 fully saturated rings. The first kappa shape index (κ1) is 18.7. The second kappa shape index (κ2) is 7.37. The second-order valence-electron chi connectivity index (χ2n) is 7.88. The van der Waals surface area contributed by atoms with E-state index in [1.807, 2.05) is 29.8 Å². The highest BCUT2D eigenvalue weighted by Crippen LogP contribution is 2.32. The number of likely N-dealkylation sites (tertiary alicyclic amines) is 2. The van der Waals surface area contributed by atoms with E-state index in [0.29, 0.717) is 31.7 Å². The Labute approximate surface area is 163 Å². The number of nitrogens with zero attached hydrogens (tertiary/aromatic N) is 4. The van der Waals surface area contributed by atoms with Gasteiger partial charge in [0.1, 0.15) is 5.82 Å². The molecule has 1 aromatic carbocycles. The van der Waals surface area contributed by atoms with Crippen LogP contribution in [-0.4, -0.2) is 50.5 Å². The van der Waals surface area contributed by atoms with Crippen molar-refractivity contribution in [3.63, 3.8) is 0 Å². The molecule has 0 aliphatic carbocycles. The third-order valence-corrected chi connectivity index (χ3v) is 5.95. The Hall–Kier alpha value is -2.70. The SMILES string of the molecule is Cc1cc(C(=O)N2C[C@H]3CCCC(=O)N(Cc4cccc(F)c4)[C@H]3C2)nn1C. The van der Waals surface area contributed by atoms with Gasteiger partial charge in [-0.05, 0) is 49.4 Å². The summed E-state index contributed by atoms with van der Waals surface area (Å²) >= 11 is 0. The van der Waals surface area contributed by atoms with Gasteiger partial charge in [-0.3, -0.25) is 14.3 Å². The maximum atomic E-state index is 13.6. The second-order valence-corrected chi connectivity index (χ2v) is 7.88. The predicted octanol–water partition coefficient (Wildman–Crippen LogP) is 2.52. The van der Waals surface area contributed by atoms with Crippen molar-refractivity contribution in [2.75, 3.05) is 13.1 Å². The fourth-order valence-corrected chi connectivity index (χ4v) is 4.37. The summed E-state index contributed by atoms with van der Waals surface area (Å²) in [6, 6.07) is 8.14. The highest BCUT2D eigenvalue weighted by Gasteiger charge is 2.42. The topological polar surface area (TPSA) is 58.4 Å². The smallest absolute Gasteiger partial charge is 0.274 e. The molecule has 2 aromatic rings.